The van der Waals surface area contributed by atoms with Crippen molar-refractivity contribution in [3.8, 4) is 0 Å². The van der Waals surface area contributed by atoms with E-state index in [0.717, 1.165) is 22.3 Å². The van der Waals surface area contributed by atoms with Crippen LogP contribution in [0, 0.1) is 5.41 Å². The largest absolute Gasteiger partial charge is 0.289 e. The van der Waals surface area contributed by atoms with Crippen LogP contribution in [0.4, 0.5) is 0 Å². The van der Waals surface area contributed by atoms with Gasteiger partial charge in [0.05, 0.1) is 0 Å². The van der Waals surface area contributed by atoms with Crippen molar-refractivity contribution < 1.29 is 4.79 Å². The summed E-state index contributed by atoms with van der Waals surface area (Å²) in [5.74, 6) is 0.703. The number of hydrogen-bond donors (Lipinski definition) is 0. The number of ketones is 1. The highest BCUT2D eigenvalue weighted by Gasteiger charge is 2.36. The second-order valence-electron chi connectivity index (χ2n) is 4.29. The van der Waals surface area contributed by atoms with E-state index in [2.05, 4.69) is 6.92 Å². The SMILES string of the molecule is CC1=C(C)C(C)(CCl)C(C)=C(C)C1=O. The summed E-state index contributed by atoms with van der Waals surface area (Å²) in [6.45, 7) is 9.89. The molecule has 0 aliphatic heterocycles. The van der Waals surface area contributed by atoms with Gasteiger partial charge in [0.15, 0.2) is 5.78 Å². The lowest BCUT2D eigenvalue weighted by molar-refractivity contribution is -0.112. The number of carbonyl (C=O) groups excluding carboxylic acids is 1. The first kappa shape index (κ1) is 11.5. The van der Waals surface area contributed by atoms with E-state index in [-0.39, 0.29) is 11.2 Å². The molecule has 0 aromatic carbocycles. The molecule has 0 amide bonds. The third-order valence-electron chi connectivity index (χ3n) is 3.73. The van der Waals surface area contributed by atoms with Gasteiger partial charge in [0, 0.05) is 11.3 Å². The summed E-state index contributed by atoms with van der Waals surface area (Å²) in [6.07, 6.45) is 0. The van der Waals surface area contributed by atoms with Crippen LogP contribution in [0.5, 0.6) is 0 Å². The molecule has 0 saturated carbocycles. The Kier molecular flexibility index (Phi) is 2.91. The molecule has 0 N–H and O–H groups in total. The number of alkyl halides is 1. The normalized spacial score (nSPS) is 22.0. The molecule has 0 unspecified atom stereocenters. The lowest BCUT2D eigenvalue weighted by Gasteiger charge is -2.36. The predicted octanol–water partition coefficient (Wildman–Crippen LogP) is 3.49. The van der Waals surface area contributed by atoms with Gasteiger partial charge >= 0.3 is 0 Å². The quantitative estimate of drug-likeness (QED) is 0.609. The number of halogens is 1. The van der Waals surface area contributed by atoms with Crippen molar-refractivity contribution in [1.29, 1.82) is 0 Å². The van der Waals surface area contributed by atoms with E-state index in [9.17, 15) is 4.79 Å². The van der Waals surface area contributed by atoms with Gasteiger partial charge in [-0.2, -0.15) is 0 Å². The highest BCUT2D eigenvalue weighted by molar-refractivity contribution is 6.19. The van der Waals surface area contributed by atoms with E-state index in [1.54, 1.807) is 0 Å². The second kappa shape index (κ2) is 3.54. The number of hydrogen-bond acceptors (Lipinski definition) is 1. The molecule has 0 saturated heterocycles. The van der Waals surface area contributed by atoms with Gasteiger partial charge in [0.2, 0.25) is 0 Å². The van der Waals surface area contributed by atoms with Crippen LogP contribution in [-0.4, -0.2) is 11.7 Å². The van der Waals surface area contributed by atoms with Crippen LogP contribution in [0.1, 0.15) is 34.6 Å². The van der Waals surface area contributed by atoms with Gasteiger partial charge in [-0.05, 0) is 38.8 Å². The summed E-state index contributed by atoms with van der Waals surface area (Å²) in [6, 6.07) is 0. The van der Waals surface area contributed by atoms with E-state index in [1.165, 1.54) is 0 Å². The van der Waals surface area contributed by atoms with Crippen molar-refractivity contribution >= 4 is 17.4 Å². The second-order valence-corrected chi connectivity index (χ2v) is 4.56. The average Bonchev–Trinajstić information content (AvgIpc) is 2.21. The van der Waals surface area contributed by atoms with Crippen molar-refractivity contribution in [1.82, 2.24) is 0 Å². The third kappa shape index (κ3) is 1.35. The van der Waals surface area contributed by atoms with Crippen LogP contribution < -0.4 is 0 Å². The zero-order valence-electron chi connectivity index (χ0n) is 9.49. The monoisotopic (exact) mass is 212 g/mol. The van der Waals surface area contributed by atoms with Crippen LogP contribution in [0.25, 0.3) is 0 Å². The maximum Gasteiger partial charge on any atom is 0.184 e. The van der Waals surface area contributed by atoms with E-state index >= 15 is 0 Å². The maximum absolute atomic E-state index is 11.8. The number of allylic oxidation sites excluding steroid dienone is 4. The molecule has 78 valence electrons. The van der Waals surface area contributed by atoms with Crippen molar-refractivity contribution in [2.45, 2.75) is 34.6 Å². The van der Waals surface area contributed by atoms with Crippen molar-refractivity contribution in [2.24, 2.45) is 5.41 Å². The summed E-state index contributed by atoms with van der Waals surface area (Å²) in [5.41, 5.74) is 3.80. The summed E-state index contributed by atoms with van der Waals surface area (Å²) >= 11 is 6.01. The molecule has 0 heterocycles. The fourth-order valence-corrected chi connectivity index (χ4v) is 2.33. The molecule has 0 fully saturated rings. The molecular weight excluding hydrogens is 196 g/mol. The van der Waals surface area contributed by atoms with Crippen molar-refractivity contribution in [2.75, 3.05) is 5.88 Å². The van der Waals surface area contributed by atoms with Gasteiger partial charge < -0.3 is 0 Å². The average molecular weight is 213 g/mol. The van der Waals surface area contributed by atoms with Crippen molar-refractivity contribution in [3.05, 3.63) is 22.3 Å². The molecular formula is C12H17ClO. The lowest BCUT2D eigenvalue weighted by Crippen LogP contribution is -2.30. The van der Waals surface area contributed by atoms with Crippen LogP contribution in [-0.2, 0) is 4.79 Å². The topological polar surface area (TPSA) is 17.1 Å². The first-order valence-corrected chi connectivity index (χ1v) is 5.36. The smallest absolute Gasteiger partial charge is 0.184 e. The van der Waals surface area contributed by atoms with E-state index in [4.69, 9.17) is 11.6 Å². The van der Waals surface area contributed by atoms with Gasteiger partial charge in [-0.15, -0.1) is 11.6 Å². The number of carbonyl (C=O) groups is 1. The van der Waals surface area contributed by atoms with Crippen LogP contribution in [0.15, 0.2) is 22.3 Å². The minimum absolute atomic E-state index is 0.135. The molecule has 0 atom stereocenters. The third-order valence-corrected chi connectivity index (χ3v) is 4.26. The Hall–Kier alpha value is -0.560. The van der Waals surface area contributed by atoms with E-state index in [1.807, 2.05) is 27.7 Å². The Morgan fingerprint density at radius 1 is 1.07 bits per heavy atom. The molecule has 0 spiro atoms. The molecule has 14 heavy (non-hydrogen) atoms. The molecule has 1 rings (SSSR count). The van der Waals surface area contributed by atoms with Gasteiger partial charge in [0.1, 0.15) is 0 Å². The molecule has 0 radical (unpaired) electrons. The van der Waals surface area contributed by atoms with Gasteiger partial charge in [-0.3, -0.25) is 4.79 Å². The Balaban J connectivity index is 3.41. The number of rotatable bonds is 1. The summed E-state index contributed by atoms with van der Waals surface area (Å²) < 4.78 is 0. The fraction of sp³-hybridized carbons (Fsp3) is 0.583. The number of Topliss-reactive ketones (excluding diaryl/α,β-unsaturated/α-hetero) is 1. The maximum atomic E-state index is 11.8. The minimum atomic E-state index is -0.135. The minimum Gasteiger partial charge on any atom is -0.289 e. The summed E-state index contributed by atoms with van der Waals surface area (Å²) in [7, 11) is 0. The molecule has 0 aromatic heterocycles. The Bertz CT molecular complexity index is 319. The van der Waals surface area contributed by atoms with Gasteiger partial charge in [0.25, 0.3) is 0 Å². The molecule has 1 aliphatic carbocycles. The molecule has 0 aromatic rings. The van der Waals surface area contributed by atoms with Crippen LogP contribution >= 0.6 is 11.6 Å². The van der Waals surface area contributed by atoms with Crippen LogP contribution in [0.2, 0.25) is 0 Å². The highest BCUT2D eigenvalue weighted by atomic mass is 35.5. The molecule has 1 aliphatic rings. The Labute approximate surface area is 90.8 Å². The molecule has 2 heteroatoms. The summed E-state index contributed by atoms with van der Waals surface area (Å²) in [4.78, 5) is 11.8. The van der Waals surface area contributed by atoms with Gasteiger partial charge in [-0.1, -0.05) is 18.1 Å². The fourth-order valence-electron chi connectivity index (χ4n) is 1.93. The van der Waals surface area contributed by atoms with E-state index in [0.29, 0.717) is 5.88 Å². The van der Waals surface area contributed by atoms with E-state index < -0.39 is 0 Å². The summed E-state index contributed by atoms with van der Waals surface area (Å²) in [5, 5.41) is 0. The highest BCUT2D eigenvalue weighted by Crippen LogP contribution is 2.43. The standard InChI is InChI=1S/C12H17ClO/c1-7-9(3)12(5,6-13)10(4)8(2)11(7)14/h6H2,1-5H3. The Morgan fingerprint density at radius 2 is 1.43 bits per heavy atom. The zero-order chi connectivity index (χ0) is 11.1. The first-order valence-electron chi connectivity index (χ1n) is 4.82. The van der Waals surface area contributed by atoms with Gasteiger partial charge in [-0.25, -0.2) is 0 Å². The zero-order valence-corrected chi connectivity index (χ0v) is 10.2. The first-order chi connectivity index (χ1) is 6.36. The van der Waals surface area contributed by atoms with Crippen molar-refractivity contribution in [3.63, 3.8) is 0 Å². The van der Waals surface area contributed by atoms with Crippen LogP contribution in [0.3, 0.4) is 0 Å². The Morgan fingerprint density at radius 3 is 1.71 bits per heavy atom. The lowest BCUT2D eigenvalue weighted by atomic mass is 9.70. The predicted molar refractivity (Wildman–Crippen MR) is 60.6 cm³/mol. The molecule has 0 bridgehead atoms. The molecule has 1 nitrogen and oxygen atoms in total.